The van der Waals surface area contributed by atoms with E-state index in [1.165, 1.54) is 5.75 Å². The molecule has 0 atom stereocenters. The lowest BCUT2D eigenvalue weighted by Crippen LogP contribution is -1.84. The van der Waals surface area contributed by atoms with Gasteiger partial charge in [-0.15, -0.1) is 0 Å². The Balaban J connectivity index is -0.000000114. The van der Waals surface area contributed by atoms with E-state index in [0.29, 0.717) is 0 Å². The molecule has 0 saturated heterocycles. The maximum Gasteiger partial charge on any atom is -0.000979 e. The SMILES string of the molecule is C.CC(C)C.CCSC(C)C. The average Bonchev–Trinajstić information content (AvgIpc) is 1.62. The molecule has 0 heterocycles. The van der Waals surface area contributed by atoms with Gasteiger partial charge < -0.3 is 0 Å². The maximum absolute atomic E-state index is 2.22. The zero-order chi connectivity index (χ0) is 8.57. The third-order valence-corrected chi connectivity index (χ3v) is 1.50. The summed E-state index contributed by atoms with van der Waals surface area (Å²) in [6, 6.07) is 0. The van der Waals surface area contributed by atoms with E-state index in [0.717, 1.165) is 11.2 Å². The summed E-state index contributed by atoms with van der Waals surface area (Å²) in [5, 5.41) is 0.815. The summed E-state index contributed by atoms with van der Waals surface area (Å²) in [6.45, 7) is 13.1. The third-order valence-electron chi connectivity index (χ3n) is 0.500. The van der Waals surface area contributed by atoms with Gasteiger partial charge in [0.05, 0.1) is 0 Å². The molecule has 0 saturated carbocycles. The van der Waals surface area contributed by atoms with Gasteiger partial charge in [0, 0.05) is 0 Å². The van der Waals surface area contributed by atoms with E-state index in [-0.39, 0.29) is 7.43 Å². The van der Waals surface area contributed by atoms with Crippen molar-refractivity contribution in [2.45, 2.75) is 54.2 Å². The Labute approximate surface area is 78.2 Å². The minimum atomic E-state index is 0. The second-order valence-corrected chi connectivity index (χ2v) is 5.09. The summed E-state index contributed by atoms with van der Waals surface area (Å²) < 4.78 is 0. The fraction of sp³-hybridized carbons (Fsp3) is 1.00. The van der Waals surface area contributed by atoms with Crippen molar-refractivity contribution in [3.8, 4) is 0 Å². The van der Waals surface area contributed by atoms with Gasteiger partial charge in [-0.1, -0.05) is 49.0 Å². The smallest absolute Gasteiger partial charge is 0.000979 e. The second-order valence-electron chi connectivity index (χ2n) is 3.24. The quantitative estimate of drug-likeness (QED) is 0.602. The van der Waals surface area contributed by atoms with Gasteiger partial charge in [-0.2, -0.15) is 11.8 Å². The van der Waals surface area contributed by atoms with E-state index in [1.807, 2.05) is 11.8 Å². The number of hydrogen-bond donors (Lipinski definition) is 0. The first-order valence-electron chi connectivity index (χ1n) is 4.12. The van der Waals surface area contributed by atoms with Gasteiger partial charge in [-0.25, -0.2) is 0 Å². The highest BCUT2D eigenvalue weighted by molar-refractivity contribution is 7.99. The Morgan fingerprint density at radius 3 is 1.27 bits per heavy atom. The van der Waals surface area contributed by atoms with Crippen LogP contribution in [0.25, 0.3) is 0 Å². The maximum atomic E-state index is 2.22. The molecule has 0 radical (unpaired) electrons. The fourth-order valence-corrected chi connectivity index (χ4v) is 1.00. The average molecular weight is 178 g/mol. The molecule has 0 amide bonds. The first-order chi connectivity index (χ1) is 4.50. The topological polar surface area (TPSA) is 0 Å². The van der Waals surface area contributed by atoms with Crippen LogP contribution in [0.4, 0.5) is 0 Å². The summed E-state index contributed by atoms with van der Waals surface area (Å²) in [6.07, 6.45) is 0. The lowest BCUT2D eigenvalue weighted by Gasteiger charge is -1.96. The molecule has 0 aliphatic rings. The zero-order valence-corrected chi connectivity index (χ0v) is 9.09. The van der Waals surface area contributed by atoms with E-state index in [1.54, 1.807) is 0 Å². The van der Waals surface area contributed by atoms with E-state index >= 15 is 0 Å². The van der Waals surface area contributed by atoms with Crippen LogP contribution in [-0.2, 0) is 0 Å². The van der Waals surface area contributed by atoms with Gasteiger partial charge in [0.25, 0.3) is 0 Å². The van der Waals surface area contributed by atoms with Crippen LogP contribution in [0.3, 0.4) is 0 Å². The Morgan fingerprint density at radius 2 is 1.27 bits per heavy atom. The molecular formula is C10H26S. The monoisotopic (exact) mass is 178 g/mol. The second kappa shape index (κ2) is 13.0. The summed E-state index contributed by atoms with van der Waals surface area (Å²) in [5.41, 5.74) is 0. The predicted octanol–water partition coefficient (Wildman–Crippen LogP) is 4.45. The van der Waals surface area contributed by atoms with Crippen LogP contribution in [0.1, 0.15) is 49.0 Å². The van der Waals surface area contributed by atoms with Crippen LogP contribution in [0.5, 0.6) is 0 Å². The molecule has 0 spiro atoms. The highest BCUT2D eigenvalue weighted by atomic mass is 32.2. The fourth-order valence-electron chi connectivity index (χ4n) is 0.333. The highest BCUT2D eigenvalue weighted by Crippen LogP contribution is 2.05. The molecule has 0 bridgehead atoms. The normalized spacial score (nSPS) is 8.73. The van der Waals surface area contributed by atoms with Crippen LogP contribution in [0, 0.1) is 5.92 Å². The van der Waals surface area contributed by atoms with Crippen LogP contribution >= 0.6 is 11.8 Å². The van der Waals surface area contributed by atoms with Gasteiger partial charge >= 0.3 is 0 Å². The van der Waals surface area contributed by atoms with Crippen LogP contribution in [0.15, 0.2) is 0 Å². The summed E-state index contributed by atoms with van der Waals surface area (Å²) in [4.78, 5) is 0. The molecule has 0 aromatic carbocycles. The van der Waals surface area contributed by atoms with Crippen LogP contribution < -0.4 is 0 Å². The van der Waals surface area contributed by atoms with Crippen molar-refractivity contribution in [3.63, 3.8) is 0 Å². The molecule has 0 N–H and O–H groups in total. The molecule has 0 aliphatic heterocycles. The first-order valence-corrected chi connectivity index (χ1v) is 5.17. The van der Waals surface area contributed by atoms with Gasteiger partial charge in [-0.05, 0) is 16.9 Å². The van der Waals surface area contributed by atoms with Crippen molar-refractivity contribution in [1.29, 1.82) is 0 Å². The standard InChI is InChI=1S/C5H12S.C4H10.CH4/c1-4-6-5(2)3;1-4(2)3;/h5H,4H2,1-3H3;4H,1-3H3;1H4. The van der Waals surface area contributed by atoms with Crippen molar-refractivity contribution >= 4 is 11.8 Å². The largest absolute Gasteiger partial charge is 0.159 e. The van der Waals surface area contributed by atoms with Crippen molar-refractivity contribution < 1.29 is 0 Å². The molecular weight excluding hydrogens is 152 g/mol. The van der Waals surface area contributed by atoms with Gasteiger partial charge in [0.15, 0.2) is 0 Å². The Hall–Kier alpha value is 0.350. The molecule has 0 nitrogen and oxygen atoms in total. The van der Waals surface area contributed by atoms with Gasteiger partial charge in [0.2, 0.25) is 0 Å². The minimum absolute atomic E-state index is 0. The van der Waals surface area contributed by atoms with E-state index in [2.05, 4.69) is 41.5 Å². The highest BCUT2D eigenvalue weighted by Gasteiger charge is 1.85. The lowest BCUT2D eigenvalue weighted by molar-refractivity contribution is 0.737. The summed E-state index contributed by atoms with van der Waals surface area (Å²) in [7, 11) is 0. The van der Waals surface area contributed by atoms with Crippen LogP contribution in [0.2, 0.25) is 0 Å². The Morgan fingerprint density at radius 1 is 1.00 bits per heavy atom. The van der Waals surface area contributed by atoms with Crippen molar-refractivity contribution in [1.82, 2.24) is 0 Å². The number of rotatable bonds is 2. The summed E-state index contributed by atoms with van der Waals surface area (Å²) in [5.74, 6) is 2.08. The van der Waals surface area contributed by atoms with Crippen molar-refractivity contribution in [2.75, 3.05) is 5.75 Å². The molecule has 0 aromatic heterocycles. The zero-order valence-electron chi connectivity index (χ0n) is 8.27. The molecule has 0 aliphatic carbocycles. The molecule has 1 heteroatoms. The Bertz CT molecular complexity index is 46.1. The Kier molecular flexibility index (Phi) is 20.6. The van der Waals surface area contributed by atoms with E-state index < -0.39 is 0 Å². The molecule has 0 rings (SSSR count). The van der Waals surface area contributed by atoms with E-state index in [9.17, 15) is 0 Å². The third kappa shape index (κ3) is 64.3. The van der Waals surface area contributed by atoms with Gasteiger partial charge in [-0.3, -0.25) is 0 Å². The molecule has 11 heavy (non-hydrogen) atoms. The molecule has 0 unspecified atom stereocenters. The predicted molar refractivity (Wildman–Crippen MR) is 60.5 cm³/mol. The lowest BCUT2D eigenvalue weighted by atomic mass is 10.3. The summed E-state index contributed by atoms with van der Waals surface area (Å²) >= 11 is 1.99. The number of hydrogen-bond acceptors (Lipinski definition) is 1. The minimum Gasteiger partial charge on any atom is -0.159 e. The molecule has 0 aromatic rings. The molecule has 0 fully saturated rings. The first kappa shape index (κ1) is 17.4. The number of thioether (sulfide) groups is 1. The van der Waals surface area contributed by atoms with Crippen molar-refractivity contribution in [3.05, 3.63) is 0 Å². The molecule has 72 valence electrons. The van der Waals surface area contributed by atoms with Crippen molar-refractivity contribution in [2.24, 2.45) is 5.92 Å². The van der Waals surface area contributed by atoms with Crippen LogP contribution in [-0.4, -0.2) is 11.0 Å². The van der Waals surface area contributed by atoms with E-state index in [4.69, 9.17) is 0 Å². The van der Waals surface area contributed by atoms with Gasteiger partial charge in [0.1, 0.15) is 0 Å².